The first-order valence-corrected chi connectivity index (χ1v) is 8.89. The van der Waals surface area contributed by atoms with Gasteiger partial charge < -0.3 is 25.6 Å². The zero-order chi connectivity index (χ0) is 21.0. The van der Waals surface area contributed by atoms with Gasteiger partial charge in [0.15, 0.2) is 5.69 Å². The van der Waals surface area contributed by atoms with Crippen molar-refractivity contribution in [2.45, 2.75) is 43.5 Å². The number of aliphatic hydroxyl groups is 2. The standard InChI is InChI=1S/C17H21F3N6O3/c1-9(16-22-3-2-4-23-16)24-5-11-15(28)14(27)10(8-29-11)25-13-7-21-6-12(26-13)17(18,19)20/h2-4,6-7,9-11,14-15,24,27-28H,5,8H2,1H3,(H,25,26)/t9-,10+,11-,14-,15+/m1/s1. The smallest absolute Gasteiger partial charge is 0.388 e. The minimum atomic E-state index is -4.64. The number of ether oxygens (including phenoxy) is 1. The lowest BCUT2D eigenvalue weighted by atomic mass is 9.97. The van der Waals surface area contributed by atoms with Crippen LogP contribution >= 0.6 is 0 Å². The molecule has 158 valence electrons. The summed E-state index contributed by atoms with van der Waals surface area (Å²) < 4.78 is 43.8. The van der Waals surface area contributed by atoms with Crippen LogP contribution in [0.1, 0.15) is 24.5 Å². The van der Waals surface area contributed by atoms with Crippen molar-refractivity contribution in [3.8, 4) is 0 Å². The van der Waals surface area contributed by atoms with Crippen LogP contribution in [0.25, 0.3) is 0 Å². The maximum atomic E-state index is 12.7. The average molecular weight is 414 g/mol. The van der Waals surface area contributed by atoms with Gasteiger partial charge in [-0.25, -0.2) is 15.0 Å². The third-order valence-corrected chi connectivity index (χ3v) is 4.49. The first-order chi connectivity index (χ1) is 13.8. The summed E-state index contributed by atoms with van der Waals surface area (Å²) in [7, 11) is 0. The predicted octanol–water partition coefficient (Wildman–Crippen LogP) is 0.537. The molecule has 4 N–H and O–H groups in total. The number of anilines is 1. The maximum Gasteiger partial charge on any atom is 0.434 e. The van der Waals surface area contributed by atoms with E-state index in [0.29, 0.717) is 12.0 Å². The third-order valence-electron chi connectivity index (χ3n) is 4.49. The summed E-state index contributed by atoms with van der Waals surface area (Å²) in [5, 5.41) is 26.5. The lowest BCUT2D eigenvalue weighted by molar-refractivity contribution is -0.141. The van der Waals surface area contributed by atoms with E-state index in [9.17, 15) is 23.4 Å². The van der Waals surface area contributed by atoms with Gasteiger partial charge in [-0.3, -0.25) is 4.98 Å². The molecule has 0 bridgehead atoms. The summed E-state index contributed by atoms with van der Waals surface area (Å²) in [6.07, 6.45) is -2.97. The van der Waals surface area contributed by atoms with Crippen LogP contribution in [-0.4, -0.2) is 67.7 Å². The van der Waals surface area contributed by atoms with Gasteiger partial charge in [-0.15, -0.1) is 0 Å². The lowest BCUT2D eigenvalue weighted by Gasteiger charge is -2.38. The summed E-state index contributed by atoms with van der Waals surface area (Å²) in [4.78, 5) is 15.2. The Morgan fingerprint density at radius 3 is 2.62 bits per heavy atom. The molecule has 1 fully saturated rings. The molecule has 0 amide bonds. The first kappa shape index (κ1) is 21.3. The molecule has 3 rings (SSSR count). The van der Waals surface area contributed by atoms with Gasteiger partial charge in [0.05, 0.1) is 37.2 Å². The summed E-state index contributed by atoms with van der Waals surface area (Å²) in [5.41, 5.74) is -1.16. The highest BCUT2D eigenvalue weighted by Crippen LogP contribution is 2.28. The molecule has 1 aliphatic heterocycles. The van der Waals surface area contributed by atoms with Gasteiger partial charge in [0.1, 0.15) is 23.9 Å². The third kappa shape index (κ3) is 5.35. The van der Waals surface area contributed by atoms with Crippen LogP contribution in [0.15, 0.2) is 30.9 Å². The fourth-order valence-electron chi connectivity index (χ4n) is 2.87. The molecule has 9 nitrogen and oxygen atoms in total. The Morgan fingerprint density at radius 2 is 1.93 bits per heavy atom. The van der Waals surface area contributed by atoms with E-state index >= 15 is 0 Å². The Labute approximate surface area is 164 Å². The molecule has 29 heavy (non-hydrogen) atoms. The van der Waals surface area contributed by atoms with Crippen molar-refractivity contribution in [3.63, 3.8) is 0 Å². The molecule has 1 saturated heterocycles. The molecule has 0 saturated carbocycles. The molecule has 12 heteroatoms. The highest BCUT2D eigenvalue weighted by atomic mass is 19.4. The minimum Gasteiger partial charge on any atom is -0.388 e. The van der Waals surface area contributed by atoms with Crippen LogP contribution in [0.5, 0.6) is 0 Å². The van der Waals surface area contributed by atoms with Crippen LogP contribution in [0, 0.1) is 0 Å². The second-order valence-electron chi connectivity index (χ2n) is 6.63. The van der Waals surface area contributed by atoms with Crippen LogP contribution in [0.4, 0.5) is 19.0 Å². The van der Waals surface area contributed by atoms with E-state index in [4.69, 9.17) is 4.74 Å². The van der Waals surface area contributed by atoms with Crippen LogP contribution in [0.2, 0.25) is 0 Å². The number of aromatic nitrogens is 4. The number of aliphatic hydroxyl groups excluding tert-OH is 2. The quantitative estimate of drug-likeness (QED) is 0.536. The molecule has 5 atom stereocenters. The molecule has 2 aromatic rings. The summed E-state index contributed by atoms with van der Waals surface area (Å²) >= 11 is 0. The van der Waals surface area contributed by atoms with E-state index in [2.05, 4.69) is 30.6 Å². The number of alkyl halides is 3. The van der Waals surface area contributed by atoms with E-state index in [0.717, 1.165) is 6.20 Å². The van der Waals surface area contributed by atoms with E-state index in [1.165, 1.54) is 0 Å². The predicted molar refractivity (Wildman–Crippen MR) is 94.6 cm³/mol. The second kappa shape index (κ2) is 8.95. The van der Waals surface area contributed by atoms with Crippen molar-refractivity contribution in [1.29, 1.82) is 0 Å². The number of hydrogen-bond acceptors (Lipinski definition) is 9. The Kier molecular flexibility index (Phi) is 6.57. The van der Waals surface area contributed by atoms with Crippen LogP contribution < -0.4 is 10.6 Å². The fourth-order valence-corrected chi connectivity index (χ4v) is 2.87. The van der Waals surface area contributed by atoms with Gasteiger partial charge in [-0.2, -0.15) is 13.2 Å². The molecule has 0 unspecified atom stereocenters. The van der Waals surface area contributed by atoms with Crippen molar-refractivity contribution in [2.75, 3.05) is 18.5 Å². The number of hydrogen-bond donors (Lipinski definition) is 4. The van der Waals surface area contributed by atoms with E-state index in [1.54, 1.807) is 18.5 Å². The summed E-state index contributed by atoms with van der Waals surface area (Å²) in [6, 6.07) is 0.636. The van der Waals surface area contributed by atoms with E-state index in [1.807, 2.05) is 6.92 Å². The molecular weight excluding hydrogens is 393 g/mol. The van der Waals surface area contributed by atoms with Gasteiger partial charge in [-0.05, 0) is 13.0 Å². The van der Waals surface area contributed by atoms with Gasteiger partial charge in [-0.1, -0.05) is 0 Å². The maximum absolute atomic E-state index is 12.7. The fraction of sp³-hybridized carbons (Fsp3) is 0.529. The van der Waals surface area contributed by atoms with Crippen LogP contribution in [0.3, 0.4) is 0 Å². The molecule has 0 radical (unpaired) electrons. The first-order valence-electron chi connectivity index (χ1n) is 8.89. The average Bonchev–Trinajstić information content (AvgIpc) is 2.71. The Bertz CT molecular complexity index is 797. The van der Waals surface area contributed by atoms with Crippen molar-refractivity contribution < 1.29 is 28.1 Å². The number of halogens is 3. The number of rotatable bonds is 6. The van der Waals surface area contributed by atoms with E-state index < -0.39 is 36.2 Å². The SMILES string of the molecule is C[C@@H](NC[C@H]1OC[C@H](Nc2cncc(C(F)(F)F)n2)[C@@H](O)[C@H]1O)c1ncccn1. The minimum absolute atomic E-state index is 0.0429. The van der Waals surface area contributed by atoms with Crippen molar-refractivity contribution in [2.24, 2.45) is 0 Å². The Balaban J connectivity index is 1.56. The summed E-state index contributed by atoms with van der Waals surface area (Å²) in [5.74, 6) is 0.395. The molecule has 0 aromatic carbocycles. The normalized spacial score (nSPS) is 26.1. The second-order valence-corrected chi connectivity index (χ2v) is 6.63. The topological polar surface area (TPSA) is 125 Å². The molecular formula is C17H21F3N6O3. The van der Waals surface area contributed by atoms with Gasteiger partial charge in [0.25, 0.3) is 0 Å². The highest BCUT2D eigenvalue weighted by molar-refractivity contribution is 5.34. The molecule has 0 aliphatic carbocycles. The summed E-state index contributed by atoms with van der Waals surface area (Å²) in [6.45, 7) is 2.02. The van der Waals surface area contributed by atoms with Crippen molar-refractivity contribution in [1.82, 2.24) is 25.3 Å². The highest BCUT2D eigenvalue weighted by Gasteiger charge is 2.39. The largest absolute Gasteiger partial charge is 0.434 e. The molecule has 0 spiro atoms. The lowest BCUT2D eigenvalue weighted by Crippen LogP contribution is -2.58. The van der Waals surface area contributed by atoms with Crippen molar-refractivity contribution >= 4 is 5.82 Å². The molecule has 1 aliphatic rings. The number of nitrogens with one attached hydrogen (secondary N) is 2. The van der Waals surface area contributed by atoms with Gasteiger partial charge in [0, 0.05) is 18.9 Å². The Morgan fingerprint density at radius 1 is 1.21 bits per heavy atom. The van der Waals surface area contributed by atoms with Crippen molar-refractivity contribution in [3.05, 3.63) is 42.4 Å². The Hall–Kier alpha value is -2.41. The number of nitrogens with zero attached hydrogens (tertiary/aromatic N) is 4. The monoisotopic (exact) mass is 414 g/mol. The zero-order valence-corrected chi connectivity index (χ0v) is 15.4. The molecule has 3 heterocycles. The zero-order valence-electron chi connectivity index (χ0n) is 15.4. The van der Waals surface area contributed by atoms with E-state index in [-0.39, 0.29) is 25.0 Å². The van der Waals surface area contributed by atoms with Gasteiger partial charge in [0.2, 0.25) is 0 Å². The van der Waals surface area contributed by atoms with Crippen LogP contribution in [-0.2, 0) is 10.9 Å². The molecule has 2 aromatic heterocycles. The van der Waals surface area contributed by atoms with Gasteiger partial charge >= 0.3 is 6.18 Å².